The molecule has 114 heavy (non-hydrogen) atoms. The highest BCUT2D eigenvalue weighted by Gasteiger charge is 2.31. The smallest absolute Gasteiger partial charge is 0.201 e. The average Bonchev–Trinajstić information content (AvgIpc) is 1.29. The van der Waals surface area contributed by atoms with Crippen LogP contribution in [0.1, 0.15) is 259 Å². The maximum Gasteiger partial charge on any atom is 0.220 e. The van der Waals surface area contributed by atoms with Gasteiger partial charge in [0.1, 0.15) is 35.2 Å². The normalized spacial score (nSPS) is 19.7. The Bertz CT molecular complexity index is 6410. The standard InChI is InChI=1S/C29H30N.C21H28N.2C20H26N.C19H24N/c1-19-11-13-24(14-12-19)25-16-22(4)28(23(5)17-25)27-15-20(2)18-30(6)29(27)26-10-8-7-9-21(26)3;1-16-13-19(14-18-10-5-4-6-11-18)21(22(3)15-16)20-12-8-7-9-17(20)2;1-15-12-18(13-17-9-5-6-10-17)20(21(3)14-15)19-11-7-4-8-16(19)2;1-15-13-19(17-10-5-4-6-11-17)20(21(3)14-15)18-12-8-7-9-16(18)2;1-14-12-18(16-9-5-6-10-16)19(20(3)13-14)17-11-7-4-8-15(17)2/h7-18H,1-6H3;7-9,12-13,15,18H,4-6,10-11,14H2,1-3H3;4,7-8,11-12,14,17H,5-6,9-10,13H2,1-3H3;7-9,12-14,17H,4-6,10-11H2,1-3H3;4,7-8,11-13,16H,5-6,9-10H2,1-3H3/q5*+1/i2D3,4D3,5D3;1D3,14D2;1D3,13D2;1D3,17D;1D3,16D. The largest absolute Gasteiger partial charge is 0.220 e. The Morgan fingerprint density at radius 2 is 0.579 bits per heavy atom. The van der Waals surface area contributed by atoms with Gasteiger partial charge in [-0.05, 0) is 268 Å². The van der Waals surface area contributed by atoms with Crippen molar-refractivity contribution in [3.8, 4) is 78.5 Å². The third-order valence-electron chi connectivity index (χ3n) is 23.1. The van der Waals surface area contributed by atoms with E-state index in [1.54, 1.807) is 69.8 Å². The van der Waals surface area contributed by atoms with E-state index in [1.165, 1.54) is 24.4 Å². The fourth-order valence-electron chi connectivity index (χ4n) is 17.4. The third-order valence-corrected chi connectivity index (χ3v) is 23.1. The van der Waals surface area contributed by atoms with Crippen LogP contribution < -0.4 is 22.8 Å². The summed E-state index contributed by atoms with van der Waals surface area (Å²) in [5.41, 5.74) is 19.9. The molecule has 0 saturated heterocycles. The first-order valence-corrected chi connectivity index (χ1v) is 41.0. The highest BCUT2D eigenvalue weighted by atomic mass is 14.9. The number of rotatable bonds is 13. The molecule has 0 unspecified atom stereocenters. The quantitative estimate of drug-likeness (QED) is 0.103. The summed E-state index contributed by atoms with van der Waals surface area (Å²) < 4.78 is 231. The molecule has 590 valence electrons. The summed E-state index contributed by atoms with van der Waals surface area (Å²) in [6, 6.07) is 58.0. The molecule has 0 atom stereocenters. The lowest BCUT2D eigenvalue weighted by Crippen LogP contribution is -2.33. The van der Waals surface area contributed by atoms with E-state index < -0.39 is 72.5 Å². The fraction of sp³-hybridized carbons (Fsp3) is 0.385. The van der Waals surface area contributed by atoms with E-state index in [9.17, 15) is 0 Å². The Balaban J connectivity index is 0.000000160. The first-order chi connectivity index (χ1) is 65.7. The second-order valence-electron chi connectivity index (χ2n) is 32.0. The van der Waals surface area contributed by atoms with E-state index >= 15 is 0 Å². The first-order valence-electron chi connectivity index (χ1n) is 54.5. The zero-order chi connectivity index (χ0) is 104. The number of aromatic nitrogens is 5. The van der Waals surface area contributed by atoms with Crippen LogP contribution in [0, 0.1) is 101 Å². The van der Waals surface area contributed by atoms with Gasteiger partial charge in [-0.3, -0.25) is 0 Å². The molecule has 5 aromatic heterocycles. The van der Waals surface area contributed by atoms with Crippen LogP contribution in [-0.4, -0.2) is 0 Å². The van der Waals surface area contributed by atoms with Gasteiger partial charge in [0.2, 0.25) is 28.5 Å². The molecule has 4 aliphatic rings. The molecule has 0 amide bonds. The lowest BCUT2D eigenvalue weighted by molar-refractivity contribution is -0.661. The Labute approximate surface area is 725 Å². The van der Waals surface area contributed by atoms with Gasteiger partial charge in [-0.2, -0.15) is 0 Å². The van der Waals surface area contributed by atoms with Gasteiger partial charge in [0.05, 0.1) is 5.56 Å². The number of hydrogen-bond acceptors (Lipinski definition) is 0. The predicted octanol–water partition coefficient (Wildman–Crippen LogP) is 25.8. The third kappa shape index (κ3) is 20.7. The van der Waals surface area contributed by atoms with E-state index in [0.29, 0.717) is 39.1 Å². The van der Waals surface area contributed by atoms with Crippen LogP contribution in [0.3, 0.4) is 0 Å². The second kappa shape index (κ2) is 39.1. The SMILES string of the molecule is [2H]C([2H])([2H])c1cc(-c2c(C([2H])([2H])[2H])cc(-c3ccc(C)cc3)cc2C([2H])([2H])[2H])c(-c2ccccc2C)[n+](C)c1.[2H]C([2H])([2H])c1cc(C([2H])([2H])C2CCCC2)c(-c2ccccc2C)[n+](C)c1.[2H]C([2H])([2H])c1cc(C([2H])([2H])C2CCCCC2)c(-c2ccccc2C)[n+](C)c1.[2H]C([2H])([2H])c1cc(C2([2H])CCCC2)c(-c2ccccc2C)[n+](C)c1.[2H]C([2H])([2H])c1cc(C2([2H])CCCCC2)c(-c2ccccc2C)[n+](C)c1. The number of aryl methyl sites for hydroxylation is 18. The predicted molar refractivity (Wildman–Crippen MR) is 481 cm³/mol. The van der Waals surface area contributed by atoms with Crippen molar-refractivity contribution in [2.24, 2.45) is 47.1 Å². The second-order valence-corrected chi connectivity index (χ2v) is 32.0. The molecular formula is C109H134N5+5. The molecular weight excluding hydrogens is 1380 g/mol. The average molecular weight is 1540 g/mol. The van der Waals surface area contributed by atoms with Crippen molar-refractivity contribution in [1.82, 2.24) is 0 Å². The van der Waals surface area contributed by atoms with E-state index in [-0.39, 0.29) is 50.8 Å². The Morgan fingerprint density at radius 1 is 0.281 bits per heavy atom. The number of nitrogens with zero attached hydrogens (tertiary/aromatic N) is 5. The summed E-state index contributed by atoms with van der Waals surface area (Å²) >= 11 is 0. The molecule has 5 heterocycles. The van der Waals surface area contributed by atoms with Crippen molar-refractivity contribution in [2.45, 2.75) is 230 Å². The maximum atomic E-state index is 9.12. The Morgan fingerprint density at radius 3 is 0.939 bits per heavy atom. The highest BCUT2D eigenvalue weighted by molar-refractivity contribution is 5.86. The van der Waals surface area contributed by atoms with Crippen LogP contribution in [-0.2, 0) is 48.0 Å². The van der Waals surface area contributed by atoms with E-state index in [4.69, 9.17) is 37.0 Å². The molecule has 4 aliphatic carbocycles. The topological polar surface area (TPSA) is 19.4 Å². The summed E-state index contributed by atoms with van der Waals surface area (Å²) in [6.07, 6.45) is 22.1. The fourth-order valence-corrected chi connectivity index (χ4v) is 17.4. The van der Waals surface area contributed by atoms with Gasteiger partial charge in [-0.1, -0.05) is 223 Å². The van der Waals surface area contributed by atoms with Gasteiger partial charge in [-0.15, -0.1) is 0 Å². The molecule has 0 aliphatic heterocycles. The maximum absolute atomic E-state index is 9.12. The van der Waals surface area contributed by atoms with Crippen LogP contribution >= 0.6 is 0 Å². The zero-order valence-electron chi connectivity index (χ0n) is 95.9. The number of pyridine rings is 5. The van der Waals surface area contributed by atoms with Gasteiger partial charge in [-0.25, -0.2) is 22.8 Å². The molecule has 16 rings (SSSR count). The molecule has 4 fully saturated rings. The van der Waals surface area contributed by atoms with Crippen LogP contribution in [0.2, 0.25) is 0 Å². The molecule has 5 nitrogen and oxygen atoms in total. The first kappa shape index (κ1) is 55.0. The molecule has 12 aromatic rings. The van der Waals surface area contributed by atoms with Crippen molar-refractivity contribution >= 4 is 0 Å². The van der Waals surface area contributed by atoms with Crippen molar-refractivity contribution in [3.63, 3.8) is 0 Å². The molecule has 0 spiro atoms. The monoisotopic (exact) mass is 1540 g/mol. The van der Waals surface area contributed by atoms with Crippen LogP contribution in [0.4, 0.5) is 0 Å². The van der Waals surface area contributed by atoms with E-state index in [2.05, 4.69) is 38.1 Å². The van der Waals surface area contributed by atoms with Crippen molar-refractivity contribution in [1.29, 1.82) is 0 Å². The minimum Gasteiger partial charge on any atom is -0.201 e. The van der Waals surface area contributed by atoms with Crippen molar-refractivity contribution < 1.29 is 59.8 Å². The Hall–Kier alpha value is -9.71. The van der Waals surface area contributed by atoms with Crippen LogP contribution in [0.15, 0.2) is 219 Å². The van der Waals surface area contributed by atoms with Crippen molar-refractivity contribution in [3.05, 3.63) is 314 Å². The van der Waals surface area contributed by atoms with Gasteiger partial charge < -0.3 is 0 Å². The molecule has 0 bridgehead atoms. The summed E-state index contributed by atoms with van der Waals surface area (Å²) in [5, 5.41) is 0. The molecule has 0 radical (unpaired) electrons. The minimum absolute atomic E-state index is 0.00538. The molecule has 5 heteroatoms. The van der Waals surface area contributed by atoms with Crippen molar-refractivity contribution in [2.75, 3.05) is 0 Å². The van der Waals surface area contributed by atoms with Gasteiger partial charge in [0, 0.05) is 115 Å². The highest BCUT2D eigenvalue weighted by Crippen LogP contribution is 2.43. The summed E-state index contributed by atoms with van der Waals surface area (Å²) in [6.45, 7) is -4.77. The molecule has 7 aromatic carbocycles. The summed E-state index contributed by atoms with van der Waals surface area (Å²) in [4.78, 5) is 0. The lowest BCUT2D eigenvalue weighted by Gasteiger charge is -2.23. The van der Waals surface area contributed by atoms with Gasteiger partial charge in [0.25, 0.3) is 0 Å². The van der Waals surface area contributed by atoms with E-state index in [0.717, 1.165) is 211 Å². The molecule has 4 saturated carbocycles. The van der Waals surface area contributed by atoms with Crippen LogP contribution in [0.5, 0.6) is 0 Å². The molecule has 0 N–H and O–H groups in total. The number of hydrogen-bond donors (Lipinski definition) is 0. The summed E-state index contributed by atoms with van der Waals surface area (Å²) in [7, 11) is 9.10. The summed E-state index contributed by atoms with van der Waals surface area (Å²) in [5.74, 6) is -1.57. The zero-order valence-corrected chi connectivity index (χ0v) is 68.9. The van der Waals surface area contributed by atoms with Gasteiger partial charge in [0.15, 0.2) is 31.0 Å². The van der Waals surface area contributed by atoms with Crippen LogP contribution in [0.25, 0.3) is 78.5 Å². The minimum atomic E-state index is -2.69. The van der Waals surface area contributed by atoms with E-state index in [1.807, 2.05) is 186 Å². The van der Waals surface area contributed by atoms with Gasteiger partial charge >= 0.3 is 0 Å². The number of benzene rings is 7. The lowest BCUT2D eigenvalue weighted by atomic mass is 9.81. The Kier molecular flexibility index (Phi) is 18.8.